The summed E-state index contributed by atoms with van der Waals surface area (Å²) < 4.78 is 15.1. The van der Waals surface area contributed by atoms with Crippen molar-refractivity contribution < 1.29 is 19.1 Å². The molecule has 4 aromatic rings. The van der Waals surface area contributed by atoms with Crippen molar-refractivity contribution in [3.8, 4) is 0 Å². The van der Waals surface area contributed by atoms with Crippen LogP contribution in [0.5, 0.6) is 0 Å². The van der Waals surface area contributed by atoms with Crippen LogP contribution >= 0.6 is 27.3 Å². The number of anilines is 1. The third kappa shape index (κ3) is 3.75. The largest absolute Gasteiger partial charge is 0.507 e. The van der Waals surface area contributed by atoms with Gasteiger partial charge >= 0.3 is 5.91 Å². The lowest BCUT2D eigenvalue weighted by Crippen LogP contribution is -2.29. The first-order chi connectivity index (χ1) is 15.8. The molecule has 1 aliphatic rings. The molecule has 0 spiro atoms. The van der Waals surface area contributed by atoms with Crippen molar-refractivity contribution in [1.82, 2.24) is 4.98 Å². The summed E-state index contributed by atoms with van der Waals surface area (Å²) in [5, 5.41) is 11.4. The van der Waals surface area contributed by atoms with Gasteiger partial charge in [0, 0.05) is 10.0 Å². The summed E-state index contributed by atoms with van der Waals surface area (Å²) in [7, 11) is 0. The molecule has 1 aliphatic heterocycles. The molecule has 2 heterocycles. The van der Waals surface area contributed by atoms with Gasteiger partial charge in [-0.1, -0.05) is 45.5 Å². The second-order valence-electron chi connectivity index (χ2n) is 7.70. The normalized spacial score (nSPS) is 17.8. The summed E-state index contributed by atoms with van der Waals surface area (Å²) in [6.07, 6.45) is 0. The Morgan fingerprint density at radius 3 is 2.45 bits per heavy atom. The molecule has 33 heavy (non-hydrogen) atoms. The maximum absolute atomic E-state index is 13.4. The van der Waals surface area contributed by atoms with Gasteiger partial charge in [-0.15, -0.1) is 0 Å². The summed E-state index contributed by atoms with van der Waals surface area (Å²) in [6, 6.07) is 17.2. The Bertz CT molecular complexity index is 1450. The zero-order valence-electron chi connectivity index (χ0n) is 17.3. The van der Waals surface area contributed by atoms with E-state index in [0.29, 0.717) is 10.7 Å². The fourth-order valence-corrected chi connectivity index (χ4v) is 5.23. The van der Waals surface area contributed by atoms with Gasteiger partial charge in [0.1, 0.15) is 11.6 Å². The van der Waals surface area contributed by atoms with Crippen LogP contribution < -0.4 is 4.90 Å². The van der Waals surface area contributed by atoms with E-state index in [-0.39, 0.29) is 16.9 Å². The van der Waals surface area contributed by atoms with E-state index >= 15 is 0 Å². The van der Waals surface area contributed by atoms with Gasteiger partial charge in [0.05, 0.1) is 21.8 Å². The third-order valence-corrected chi connectivity index (χ3v) is 7.03. The van der Waals surface area contributed by atoms with E-state index in [1.165, 1.54) is 40.5 Å². The van der Waals surface area contributed by atoms with Crippen LogP contribution in [0, 0.1) is 12.7 Å². The van der Waals surface area contributed by atoms with Crippen LogP contribution in [0.2, 0.25) is 0 Å². The second-order valence-corrected chi connectivity index (χ2v) is 9.62. The van der Waals surface area contributed by atoms with E-state index in [1.54, 1.807) is 24.3 Å². The van der Waals surface area contributed by atoms with Gasteiger partial charge in [-0.05, 0) is 66.6 Å². The monoisotopic (exact) mass is 522 g/mol. The lowest BCUT2D eigenvalue weighted by atomic mass is 9.95. The van der Waals surface area contributed by atoms with Crippen molar-refractivity contribution in [2.24, 2.45) is 0 Å². The van der Waals surface area contributed by atoms with Crippen molar-refractivity contribution >= 4 is 60.1 Å². The number of thiazole rings is 1. The van der Waals surface area contributed by atoms with Crippen molar-refractivity contribution in [2.45, 2.75) is 13.0 Å². The van der Waals surface area contributed by atoms with Gasteiger partial charge in [0.25, 0.3) is 5.78 Å². The SMILES string of the molecule is Cc1ccc2nc(N3C(=O)C(=O)C(=C(O)c4ccc(F)cc4)[C@H]3c3ccc(Br)cc3)sc2c1. The molecule has 0 radical (unpaired) electrons. The Morgan fingerprint density at radius 2 is 1.76 bits per heavy atom. The van der Waals surface area contributed by atoms with E-state index in [2.05, 4.69) is 20.9 Å². The predicted octanol–water partition coefficient (Wildman–Crippen LogP) is 6.13. The third-order valence-electron chi connectivity index (χ3n) is 5.49. The molecule has 0 saturated carbocycles. The number of Topliss-reactive ketones (excluding diaryl/α,β-unsaturated/α-hetero) is 1. The number of nitrogens with zero attached hydrogens (tertiary/aromatic N) is 2. The molecular formula is C25H16BrFN2O3S. The lowest BCUT2D eigenvalue weighted by Gasteiger charge is -2.23. The van der Waals surface area contributed by atoms with E-state index in [4.69, 9.17) is 0 Å². The fraction of sp³-hybridized carbons (Fsp3) is 0.0800. The number of fused-ring (bicyclic) bond motifs is 1. The smallest absolute Gasteiger partial charge is 0.301 e. The van der Waals surface area contributed by atoms with Crippen LogP contribution in [0.15, 0.2) is 76.8 Å². The highest BCUT2D eigenvalue weighted by atomic mass is 79.9. The highest BCUT2D eigenvalue weighted by Gasteiger charge is 2.48. The average molecular weight is 523 g/mol. The number of hydrogen-bond acceptors (Lipinski definition) is 5. The lowest BCUT2D eigenvalue weighted by molar-refractivity contribution is -0.132. The summed E-state index contributed by atoms with van der Waals surface area (Å²) in [6.45, 7) is 1.97. The molecule has 0 aliphatic carbocycles. The fourth-order valence-electron chi connectivity index (χ4n) is 3.88. The molecule has 1 fully saturated rings. The maximum atomic E-state index is 13.4. The number of carbonyl (C=O) groups excluding carboxylic acids is 2. The zero-order valence-corrected chi connectivity index (χ0v) is 19.7. The van der Waals surface area contributed by atoms with Gasteiger partial charge < -0.3 is 5.11 Å². The first kappa shape index (κ1) is 21.5. The van der Waals surface area contributed by atoms with Gasteiger partial charge in [0.2, 0.25) is 0 Å². The van der Waals surface area contributed by atoms with Gasteiger partial charge in [-0.2, -0.15) is 0 Å². The van der Waals surface area contributed by atoms with Crippen molar-refractivity contribution in [2.75, 3.05) is 4.90 Å². The van der Waals surface area contributed by atoms with E-state index < -0.39 is 23.5 Å². The molecule has 0 bridgehead atoms. The zero-order chi connectivity index (χ0) is 23.3. The molecular weight excluding hydrogens is 507 g/mol. The molecule has 1 amide bonds. The standard InChI is InChI=1S/C25H16BrFN2O3S/c1-13-2-11-18-19(12-13)33-25(28-18)29-21(14-3-7-16(26)8-4-14)20(23(31)24(29)32)22(30)15-5-9-17(27)10-6-15/h2-12,21,30H,1H3/t21-/m1/s1. The van der Waals surface area contributed by atoms with Crippen LogP contribution in [0.1, 0.15) is 22.7 Å². The van der Waals surface area contributed by atoms with E-state index in [0.717, 1.165) is 20.3 Å². The molecule has 0 unspecified atom stereocenters. The predicted molar refractivity (Wildman–Crippen MR) is 130 cm³/mol. The number of amides is 1. The molecule has 1 saturated heterocycles. The van der Waals surface area contributed by atoms with E-state index in [1.807, 2.05) is 25.1 Å². The van der Waals surface area contributed by atoms with Crippen LogP contribution in [-0.4, -0.2) is 21.8 Å². The van der Waals surface area contributed by atoms with Crippen molar-refractivity contribution in [1.29, 1.82) is 0 Å². The van der Waals surface area contributed by atoms with Crippen LogP contribution in [-0.2, 0) is 9.59 Å². The Kier molecular flexibility index (Phi) is 5.34. The van der Waals surface area contributed by atoms with Gasteiger partial charge in [-0.3, -0.25) is 14.5 Å². The number of ketones is 1. The van der Waals surface area contributed by atoms with E-state index in [9.17, 15) is 19.1 Å². The number of benzene rings is 3. The highest BCUT2D eigenvalue weighted by molar-refractivity contribution is 9.10. The first-order valence-electron chi connectivity index (χ1n) is 10.0. The summed E-state index contributed by atoms with van der Waals surface area (Å²) >= 11 is 4.71. The van der Waals surface area contributed by atoms with Crippen molar-refractivity contribution in [3.05, 3.63) is 99.3 Å². The Hall–Kier alpha value is -3.36. The number of aryl methyl sites for hydroxylation is 1. The molecule has 5 rings (SSSR count). The highest BCUT2D eigenvalue weighted by Crippen LogP contribution is 2.44. The molecule has 8 heteroatoms. The first-order valence-corrected chi connectivity index (χ1v) is 11.6. The second kappa shape index (κ2) is 8.20. The Balaban J connectivity index is 1.73. The van der Waals surface area contributed by atoms with Gasteiger partial charge in [-0.25, -0.2) is 9.37 Å². The van der Waals surface area contributed by atoms with Crippen LogP contribution in [0.4, 0.5) is 9.52 Å². The Labute approximate surface area is 200 Å². The number of carbonyl (C=O) groups is 2. The topological polar surface area (TPSA) is 70.5 Å². The van der Waals surface area contributed by atoms with Gasteiger partial charge in [0.15, 0.2) is 5.13 Å². The van der Waals surface area contributed by atoms with Crippen molar-refractivity contribution in [3.63, 3.8) is 0 Å². The molecule has 5 nitrogen and oxygen atoms in total. The number of rotatable bonds is 3. The summed E-state index contributed by atoms with van der Waals surface area (Å²) in [5.41, 5.74) is 2.59. The summed E-state index contributed by atoms with van der Waals surface area (Å²) in [5.74, 6) is -2.43. The van der Waals surface area contributed by atoms with Crippen LogP contribution in [0.3, 0.4) is 0 Å². The molecule has 164 valence electrons. The number of halogens is 2. The number of aliphatic hydroxyl groups is 1. The minimum Gasteiger partial charge on any atom is -0.507 e. The average Bonchev–Trinajstić information content (AvgIpc) is 3.32. The minimum absolute atomic E-state index is 0.0654. The number of aromatic nitrogens is 1. The molecule has 1 aromatic heterocycles. The molecule has 1 atom stereocenters. The Morgan fingerprint density at radius 1 is 1.06 bits per heavy atom. The quantitative estimate of drug-likeness (QED) is 0.199. The van der Waals surface area contributed by atoms with Crippen LogP contribution in [0.25, 0.3) is 16.0 Å². The molecule has 1 N–H and O–H groups in total. The number of hydrogen-bond donors (Lipinski definition) is 1. The molecule has 3 aromatic carbocycles. The number of aliphatic hydroxyl groups excluding tert-OH is 1. The minimum atomic E-state index is -0.884. The summed E-state index contributed by atoms with van der Waals surface area (Å²) in [4.78, 5) is 32.3. The maximum Gasteiger partial charge on any atom is 0.301 e.